The maximum Gasteiger partial charge on any atom is 0.357 e. The molecule has 0 bridgehead atoms. The van der Waals surface area contributed by atoms with Gasteiger partial charge in [-0.3, -0.25) is 4.79 Å². The quantitative estimate of drug-likeness (QED) is 0.620. The van der Waals surface area contributed by atoms with Crippen molar-refractivity contribution in [3.05, 3.63) is 59.7 Å². The lowest BCUT2D eigenvalue weighted by Gasteiger charge is -2.20. The van der Waals surface area contributed by atoms with Gasteiger partial charge in [0.25, 0.3) is 5.91 Å². The number of hydrogen-bond donors (Lipinski definition) is 2. The number of carbonyl (C=O) groups excluding carboxylic acids is 2. The minimum Gasteiger partial charge on any atom is -0.478 e. The molecule has 3 rings (SSSR count). The number of carbonyl (C=O) groups is 3. The number of carboxylic acids is 1. The van der Waals surface area contributed by atoms with E-state index < -0.39 is 23.9 Å². The van der Waals surface area contributed by atoms with Crippen LogP contribution in [0.5, 0.6) is 0 Å². The molecule has 0 aliphatic rings. The lowest BCUT2D eigenvalue weighted by Crippen LogP contribution is -2.48. The summed E-state index contributed by atoms with van der Waals surface area (Å²) in [4.78, 5) is 42.8. The molecule has 1 heterocycles. The van der Waals surface area contributed by atoms with Gasteiger partial charge in [-0.15, -0.1) is 5.10 Å². The predicted molar refractivity (Wildman–Crippen MR) is 98.6 cm³/mol. The minimum absolute atomic E-state index is 0.0420. The van der Waals surface area contributed by atoms with Gasteiger partial charge in [-0.05, 0) is 35.4 Å². The number of nitrogens with one attached hydrogen (secondary N) is 1. The first kappa shape index (κ1) is 19.0. The summed E-state index contributed by atoms with van der Waals surface area (Å²) in [6.07, 6.45) is 0. The van der Waals surface area contributed by atoms with Crippen molar-refractivity contribution in [2.24, 2.45) is 5.92 Å². The summed E-state index contributed by atoms with van der Waals surface area (Å²) in [7, 11) is 0. The highest BCUT2D eigenvalue weighted by atomic mass is 16.7. The molecule has 0 spiro atoms. The van der Waals surface area contributed by atoms with E-state index in [0.717, 1.165) is 4.85 Å². The summed E-state index contributed by atoms with van der Waals surface area (Å²) in [6.45, 7) is 3.46. The topological polar surface area (TPSA) is 123 Å². The van der Waals surface area contributed by atoms with Crippen molar-refractivity contribution >= 4 is 28.9 Å². The van der Waals surface area contributed by atoms with Crippen LogP contribution in [0.1, 0.15) is 34.6 Å². The molecule has 0 unspecified atom stereocenters. The zero-order valence-electron chi connectivity index (χ0n) is 15.2. The highest BCUT2D eigenvalue weighted by Gasteiger charge is 2.29. The number of fused-ring (bicyclic) bond motifs is 1. The minimum atomic E-state index is -1.23. The Bertz CT molecular complexity index is 1040. The van der Waals surface area contributed by atoms with Gasteiger partial charge in [0.1, 0.15) is 17.1 Å². The van der Waals surface area contributed by atoms with E-state index in [9.17, 15) is 19.5 Å². The lowest BCUT2D eigenvalue weighted by molar-refractivity contribution is -0.148. The standard InChI is InChI=1S/C19H18N4O5/c1-11(2)16(20-17(24)12-7-3-4-8-13(12)18(25)26)19(27)28-23-15-10-6-5-9-14(15)21-22-23/h3-11,16H,1-2H3,(H,20,24)(H,25,26)/t16-/m0/s1. The van der Waals surface area contributed by atoms with Crippen molar-refractivity contribution in [3.8, 4) is 0 Å². The molecule has 2 aromatic carbocycles. The van der Waals surface area contributed by atoms with Gasteiger partial charge < -0.3 is 15.3 Å². The number of nitrogens with zero attached hydrogens (tertiary/aromatic N) is 3. The Morgan fingerprint density at radius 2 is 1.68 bits per heavy atom. The summed E-state index contributed by atoms with van der Waals surface area (Å²) in [5.74, 6) is -2.98. The SMILES string of the molecule is CC(C)[C@H](NC(=O)c1ccccc1C(=O)O)C(=O)On1nnc2ccccc21. The third-order valence-electron chi connectivity index (χ3n) is 4.11. The molecule has 0 radical (unpaired) electrons. The molecule has 0 saturated carbocycles. The third kappa shape index (κ3) is 3.83. The summed E-state index contributed by atoms with van der Waals surface area (Å²) >= 11 is 0. The number of carboxylic acid groups (broad SMARTS) is 1. The smallest absolute Gasteiger partial charge is 0.357 e. The zero-order valence-corrected chi connectivity index (χ0v) is 15.2. The second-order valence-corrected chi connectivity index (χ2v) is 6.41. The number of para-hydroxylation sites is 1. The molecule has 1 amide bonds. The van der Waals surface area contributed by atoms with Crippen LogP contribution in [-0.4, -0.2) is 44.2 Å². The Morgan fingerprint density at radius 3 is 2.36 bits per heavy atom. The van der Waals surface area contributed by atoms with E-state index in [2.05, 4.69) is 15.6 Å². The number of benzene rings is 2. The van der Waals surface area contributed by atoms with Crippen molar-refractivity contribution in [2.45, 2.75) is 19.9 Å². The van der Waals surface area contributed by atoms with E-state index in [0.29, 0.717) is 11.0 Å². The Balaban J connectivity index is 1.81. The van der Waals surface area contributed by atoms with Gasteiger partial charge in [-0.2, -0.15) is 0 Å². The number of aromatic nitrogens is 3. The van der Waals surface area contributed by atoms with Crippen LogP contribution in [0.15, 0.2) is 48.5 Å². The number of aromatic carboxylic acids is 1. The molecule has 0 fully saturated rings. The van der Waals surface area contributed by atoms with Crippen LogP contribution < -0.4 is 10.2 Å². The molecule has 3 aromatic rings. The fraction of sp³-hybridized carbons (Fsp3) is 0.211. The molecule has 0 aliphatic heterocycles. The highest BCUT2D eigenvalue weighted by Crippen LogP contribution is 2.12. The molecule has 9 heteroatoms. The summed E-state index contributed by atoms with van der Waals surface area (Å²) in [5, 5.41) is 19.5. The van der Waals surface area contributed by atoms with Gasteiger partial charge in [0.15, 0.2) is 0 Å². The third-order valence-corrected chi connectivity index (χ3v) is 4.11. The molecular formula is C19H18N4O5. The summed E-state index contributed by atoms with van der Waals surface area (Å²) < 4.78 is 0. The van der Waals surface area contributed by atoms with Crippen LogP contribution in [-0.2, 0) is 4.79 Å². The van der Waals surface area contributed by atoms with E-state index >= 15 is 0 Å². The van der Waals surface area contributed by atoms with E-state index in [1.807, 2.05) is 0 Å². The van der Waals surface area contributed by atoms with Gasteiger partial charge >= 0.3 is 11.9 Å². The second kappa shape index (κ2) is 7.87. The second-order valence-electron chi connectivity index (χ2n) is 6.41. The number of hydrogen-bond acceptors (Lipinski definition) is 6. The van der Waals surface area contributed by atoms with Crippen LogP contribution in [0, 0.1) is 5.92 Å². The average molecular weight is 382 g/mol. The molecule has 2 N–H and O–H groups in total. The molecule has 0 saturated heterocycles. The van der Waals surface area contributed by atoms with Crippen LogP contribution in [0.25, 0.3) is 11.0 Å². The zero-order chi connectivity index (χ0) is 20.3. The molecule has 0 aliphatic carbocycles. The van der Waals surface area contributed by atoms with E-state index in [1.165, 1.54) is 18.2 Å². The Hall–Kier alpha value is -3.75. The van der Waals surface area contributed by atoms with Crippen molar-refractivity contribution in [3.63, 3.8) is 0 Å². The molecule has 1 atom stereocenters. The van der Waals surface area contributed by atoms with Crippen molar-refractivity contribution in [1.82, 2.24) is 20.5 Å². The van der Waals surface area contributed by atoms with E-state index in [1.54, 1.807) is 44.2 Å². The van der Waals surface area contributed by atoms with E-state index in [4.69, 9.17) is 4.84 Å². The fourth-order valence-electron chi connectivity index (χ4n) is 2.64. The largest absolute Gasteiger partial charge is 0.478 e. The molecular weight excluding hydrogens is 364 g/mol. The predicted octanol–water partition coefficient (Wildman–Crippen LogP) is 1.54. The lowest BCUT2D eigenvalue weighted by atomic mass is 10.0. The van der Waals surface area contributed by atoms with Crippen molar-refractivity contribution in [2.75, 3.05) is 0 Å². The van der Waals surface area contributed by atoms with Gasteiger partial charge in [-0.25, -0.2) is 9.59 Å². The van der Waals surface area contributed by atoms with Gasteiger partial charge in [0, 0.05) is 0 Å². The number of rotatable bonds is 6. The number of amides is 1. The van der Waals surface area contributed by atoms with Crippen LogP contribution >= 0.6 is 0 Å². The first-order valence-corrected chi connectivity index (χ1v) is 8.54. The maximum atomic E-state index is 12.6. The Morgan fingerprint density at radius 1 is 1.04 bits per heavy atom. The maximum absolute atomic E-state index is 12.6. The molecule has 1 aromatic heterocycles. The normalized spacial score (nSPS) is 12.0. The fourth-order valence-corrected chi connectivity index (χ4v) is 2.64. The van der Waals surface area contributed by atoms with Crippen LogP contribution in [0.2, 0.25) is 0 Å². The Labute approximate surface area is 159 Å². The van der Waals surface area contributed by atoms with Gasteiger partial charge in [0.2, 0.25) is 0 Å². The van der Waals surface area contributed by atoms with Crippen LogP contribution in [0.3, 0.4) is 0 Å². The molecule has 144 valence electrons. The summed E-state index contributed by atoms with van der Waals surface area (Å²) in [6, 6.07) is 11.7. The van der Waals surface area contributed by atoms with E-state index in [-0.39, 0.29) is 17.0 Å². The average Bonchev–Trinajstić information content (AvgIpc) is 3.08. The monoisotopic (exact) mass is 382 g/mol. The first-order valence-electron chi connectivity index (χ1n) is 8.54. The van der Waals surface area contributed by atoms with Crippen molar-refractivity contribution in [1.29, 1.82) is 0 Å². The summed E-state index contributed by atoms with van der Waals surface area (Å²) in [5.41, 5.74) is 0.856. The highest BCUT2D eigenvalue weighted by molar-refractivity contribution is 6.05. The molecule has 28 heavy (non-hydrogen) atoms. The van der Waals surface area contributed by atoms with Gasteiger partial charge in [0.05, 0.1) is 11.1 Å². The first-order chi connectivity index (χ1) is 13.4. The van der Waals surface area contributed by atoms with Crippen LogP contribution in [0.4, 0.5) is 0 Å². The molecule has 9 nitrogen and oxygen atoms in total. The van der Waals surface area contributed by atoms with Gasteiger partial charge in [-0.1, -0.05) is 43.0 Å². The Kier molecular flexibility index (Phi) is 5.35. The van der Waals surface area contributed by atoms with Crippen molar-refractivity contribution < 1.29 is 24.3 Å².